The van der Waals surface area contributed by atoms with E-state index in [0.717, 1.165) is 6.07 Å². The fraction of sp³-hybridized carbons (Fsp3) is 0.231. The maximum Gasteiger partial charge on any atom is 0.270 e. The molecule has 1 atom stereocenters. The van der Waals surface area contributed by atoms with Gasteiger partial charge in [-0.15, -0.1) is 0 Å². The van der Waals surface area contributed by atoms with E-state index in [0.29, 0.717) is 22.7 Å². The second-order valence-corrected chi connectivity index (χ2v) is 7.97. The Morgan fingerprint density at radius 1 is 0.973 bits per heavy atom. The molecular weight excluding hydrogens is 484 g/mol. The molecule has 3 aromatic rings. The number of nitro benzene ring substituents is 1. The van der Waals surface area contributed by atoms with Gasteiger partial charge < -0.3 is 29.0 Å². The molecule has 1 aliphatic heterocycles. The largest absolute Gasteiger partial charge is 0.496 e. The summed E-state index contributed by atoms with van der Waals surface area (Å²) >= 11 is 0. The zero-order chi connectivity index (χ0) is 26.7. The van der Waals surface area contributed by atoms with E-state index >= 15 is 0 Å². The average Bonchev–Trinajstić information content (AvgIpc) is 2.91. The van der Waals surface area contributed by atoms with Gasteiger partial charge in [0.1, 0.15) is 23.2 Å². The number of nitrogens with one attached hydrogen (secondary N) is 1. The van der Waals surface area contributed by atoms with E-state index < -0.39 is 16.9 Å². The maximum atomic E-state index is 13.1. The van der Waals surface area contributed by atoms with Crippen LogP contribution in [-0.2, 0) is 0 Å². The summed E-state index contributed by atoms with van der Waals surface area (Å²) < 4.78 is 27.5. The molecule has 0 aromatic heterocycles. The van der Waals surface area contributed by atoms with Crippen molar-refractivity contribution in [2.24, 2.45) is 0 Å². The van der Waals surface area contributed by atoms with Gasteiger partial charge in [-0.25, -0.2) is 0 Å². The summed E-state index contributed by atoms with van der Waals surface area (Å²) in [7, 11) is 5.72. The summed E-state index contributed by atoms with van der Waals surface area (Å²) in [6, 6.07) is 12.1. The van der Waals surface area contributed by atoms with Gasteiger partial charge in [0.15, 0.2) is 17.3 Å². The van der Waals surface area contributed by atoms with Crippen LogP contribution in [0.5, 0.6) is 28.7 Å². The van der Waals surface area contributed by atoms with Crippen LogP contribution in [0.25, 0.3) is 0 Å². The Hall–Kier alpha value is -4.80. The molecule has 1 aliphatic rings. The summed E-state index contributed by atoms with van der Waals surface area (Å²) in [6.07, 6.45) is -0.624. The van der Waals surface area contributed by atoms with E-state index in [2.05, 4.69) is 5.32 Å². The van der Waals surface area contributed by atoms with Gasteiger partial charge in [-0.3, -0.25) is 19.7 Å². The molecule has 1 unspecified atom stereocenters. The molecule has 1 amide bonds. The van der Waals surface area contributed by atoms with E-state index in [1.165, 1.54) is 40.6 Å². The Bertz CT molecular complexity index is 1390. The van der Waals surface area contributed by atoms with E-state index in [1.54, 1.807) is 30.3 Å². The van der Waals surface area contributed by atoms with Crippen molar-refractivity contribution in [3.63, 3.8) is 0 Å². The molecule has 192 valence electrons. The van der Waals surface area contributed by atoms with Gasteiger partial charge in [0.2, 0.25) is 5.75 Å². The number of amides is 1. The number of Topliss-reactive ketones (excluding diaryl/α,β-unsaturated/α-hetero) is 1. The van der Waals surface area contributed by atoms with Crippen LogP contribution in [-0.4, -0.2) is 45.1 Å². The Kier molecular flexibility index (Phi) is 7.14. The Balaban J connectivity index is 1.62. The number of nitro groups is 1. The molecule has 0 saturated carbocycles. The highest BCUT2D eigenvalue weighted by Gasteiger charge is 2.34. The highest BCUT2D eigenvalue weighted by atomic mass is 16.6. The summed E-state index contributed by atoms with van der Waals surface area (Å²) in [6.45, 7) is 0. The number of hydrogen-bond acceptors (Lipinski definition) is 9. The molecule has 1 heterocycles. The number of carbonyl (C=O) groups excluding carboxylic acids is 2. The topological polar surface area (TPSA) is 135 Å². The summed E-state index contributed by atoms with van der Waals surface area (Å²) in [5, 5.41) is 13.9. The third kappa shape index (κ3) is 4.83. The third-order valence-corrected chi connectivity index (χ3v) is 5.87. The van der Waals surface area contributed by atoms with Crippen LogP contribution in [0, 0.1) is 10.1 Å². The predicted octanol–water partition coefficient (Wildman–Crippen LogP) is 4.59. The predicted molar refractivity (Wildman–Crippen MR) is 132 cm³/mol. The van der Waals surface area contributed by atoms with E-state index in [4.69, 9.17) is 23.7 Å². The number of ether oxygens (including phenoxy) is 5. The first-order chi connectivity index (χ1) is 17.8. The van der Waals surface area contributed by atoms with Gasteiger partial charge in [0, 0.05) is 23.9 Å². The van der Waals surface area contributed by atoms with Gasteiger partial charge in [-0.1, -0.05) is 12.1 Å². The second-order valence-electron chi connectivity index (χ2n) is 7.97. The van der Waals surface area contributed by atoms with Gasteiger partial charge >= 0.3 is 0 Å². The lowest BCUT2D eigenvalue weighted by Gasteiger charge is -2.28. The minimum Gasteiger partial charge on any atom is -0.496 e. The van der Waals surface area contributed by atoms with Crippen LogP contribution in [0.1, 0.15) is 38.8 Å². The fourth-order valence-electron chi connectivity index (χ4n) is 4.14. The van der Waals surface area contributed by atoms with E-state index in [1.807, 2.05) is 0 Å². The molecule has 0 fully saturated rings. The normalized spacial score (nSPS) is 14.2. The molecule has 11 heteroatoms. The summed E-state index contributed by atoms with van der Waals surface area (Å²) in [4.78, 5) is 36.6. The van der Waals surface area contributed by atoms with E-state index in [-0.39, 0.29) is 46.3 Å². The van der Waals surface area contributed by atoms with Gasteiger partial charge in [0.25, 0.3) is 11.6 Å². The summed E-state index contributed by atoms with van der Waals surface area (Å²) in [5.41, 5.74) is 1.07. The van der Waals surface area contributed by atoms with Gasteiger partial charge in [-0.2, -0.15) is 0 Å². The Labute approximate surface area is 212 Å². The zero-order valence-electron chi connectivity index (χ0n) is 20.5. The number of rotatable bonds is 8. The molecule has 0 radical (unpaired) electrons. The zero-order valence-corrected chi connectivity index (χ0v) is 20.5. The first kappa shape index (κ1) is 25.3. The monoisotopic (exact) mass is 508 g/mol. The van der Waals surface area contributed by atoms with Crippen LogP contribution >= 0.6 is 0 Å². The van der Waals surface area contributed by atoms with Crippen LogP contribution in [0.4, 0.5) is 11.4 Å². The van der Waals surface area contributed by atoms with Crippen molar-refractivity contribution >= 4 is 23.1 Å². The number of anilines is 1. The van der Waals surface area contributed by atoms with Crippen molar-refractivity contribution in [1.29, 1.82) is 0 Å². The smallest absolute Gasteiger partial charge is 0.270 e. The lowest BCUT2D eigenvalue weighted by atomic mass is 9.94. The standard InChI is InChI=1S/C26H24N2O9/c1-33-19-9-8-16(28(31)32)11-17(19)26(30)27-15-7-5-6-14(10-15)20-12-18(29)23-21(37-20)13-22(34-2)24(35-3)25(23)36-4/h5-11,13,20H,12H2,1-4H3,(H,27,30). The first-order valence-electron chi connectivity index (χ1n) is 11.1. The van der Waals surface area contributed by atoms with Crippen molar-refractivity contribution < 1.29 is 38.2 Å². The summed E-state index contributed by atoms with van der Waals surface area (Å²) in [5.74, 6) is 0.540. The van der Waals surface area contributed by atoms with Crippen LogP contribution in [0.3, 0.4) is 0 Å². The van der Waals surface area contributed by atoms with Crippen molar-refractivity contribution in [2.75, 3.05) is 33.8 Å². The molecule has 4 rings (SSSR count). The number of non-ortho nitro benzene ring substituents is 1. The number of ketones is 1. The maximum absolute atomic E-state index is 13.1. The number of hydrogen-bond donors (Lipinski definition) is 1. The number of nitrogens with zero attached hydrogens (tertiary/aromatic N) is 1. The molecule has 0 aliphatic carbocycles. The minimum atomic E-state index is -0.646. The quantitative estimate of drug-likeness (QED) is 0.342. The highest BCUT2D eigenvalue weighted by molar-refractivity contribution is 6.07. The van der Waals surface area contributed by atoms with Crippen LogP contribution in [0.2, 0.25) is 0 Å². The number of benzene rings is 3. The second kappa shape index (κ2) is 10.4. The number of methoxy groups -OCH3 is 4. The molecule has 0 spiro atoms. The molecule has 1 N–H and O–H groups in total. The number of carbonyl (C=O) groups is 2. The first-order valence-corrected chi connectivity index (χ1v) is 11.1. The lowest BCUT2D eigenvalue weighted by Crippen LogP contribution is -2.22. The Morgan fingerprint density at radius 2 is 1.70 bits per heavy atom. The molecular formula is C26H24N2O9. The van der Waals surface area contributed by atoms with Crippen molar-refractivity contribution in [3.05, 3.63) is 75.3 Å². The van der Waals surface area contributed by atoms with Gasteiger partial charge in [-0.05, 0) is 23.8 Å². The van der Waals surface area contributed by atoms with Gasteiger partial charge in [0.05, 0.1) is 45.3 Å². The number of fused-ring (bicyclic) bond motifs is 1. The lowest BCUT2D eigenvalue weighted by molar-refractivity contribution is -0.384. The van der Waals surface area contributed by atoms with Crippen molar-refractivity contribution in [1.82, 2.24) is 0 Å². The molecule has 0 saturated heterocycles. The molecule has 3 aromatic carbocycles. The average molecular weight is 508 g/mol. The van der Waals surface area contributed by atoms with Crippen LogP contribution < -0.4 is 29.0 Å². The molecule has 37 heavy (non-hydrogen) atoms. The highest BCUT2D eigenvalue weighted by Crippen LogP contribution is 2.49. The van der Waals surface area contributed by atoms with Crippen LogP contribution in [0.15, 0.2) is 48.5 Å². The SMILES string of the molecule is COc1ccc([N+](=O)[O-])cc1C(=O)Nc1cccc(C2CC(=O)c3c(cc(OC)c(OC)c3OC)O2)c1. The molecule has 0 bridgehead atoms. The fourth-order valence-corrected chi connectivity index (χ4v) is 4.14. The van der Waals surface area contributed by atoms with Crippen molar-refractivity contribution in [3.8, 4) is 28.7 Å². The Morgan fingerprint density at radius 3 is 2.35 bits per heavy atom. The molecule has 11 nitrogen and oxygen atoms in total. The third-order valence-electron chi connectivity index (χ3n) is 5.87. The van der Waals surface area contributed by atoms with Crippen molar-refractivity contribution in [2.45, 2.75) is 12.5 Å². The van der Waals surface area contributed by atoms with E-state index in [9.17, 15) is 19.7 Å². The minimum absolute atomic E-state index is 0.00765.